The average Bonchev–Trinajstić information content (AvgIpc) is 2.68. The molecule has 1 amide bonds. The molecule has 4 rings (SSSR count). The summed E-state index contributed by atoms with van der Waals surface area (Å²) in [5, 5.41) is 0. The summed E-state index contributed by atoms with van der Waals surface area (Å²) < 4.78 is 26.9. The van der Waals surface area contributed by atoms with Crippen molar-refractivity contribution >= 4 is 21.8 Å². The van der Waals surface area contributed by atoms with E-state index in [0.29, 0.717) is 18.0 Å². The van der Waals surface area contributed by atoms with E-state index in [0.717, 1.165) is 32.1 Å². The first-order valence-corrected chi connectivity index (χ1v) is 11.6. The highest BCUT2D eigenvalue weighted by Gasteiger charge is 2.28. The standard InChI is InChI=1S/C19H28N4O3S/c24-19(17-6-7-18-20-27(25,26)13-12-23(18)15-17)22-10-8-21(9-11-22)14-16-4-2-1-3-5-16/h6-7,15-16H,1-5,8-14H2. The first-order valence-electron chi connectivity index (χ1n) is 10.0. The fourth-order valence-electron chi connectivity index (χ4n) is 4.38. The number of hydrogen-bond donors (Lipinski definition) is 0. The van der Waals surface area contributed by atoms with Crippen molar-refractivity contribution in [3.63, 3.8) is 0 Å². The zero-order chi connectivity index (χ0) is 18.9. The molecular formula is C19H28N4O3S. The molecule has 3 heterocycles. The third-order valence-corrected chi connectivity index (χ3v) is 7.14. The van der Waals surface area contributed by atoms with Gasteiger partial charge in [0.25, 0.3) is 15.9 Å². The second kappa shape index (κ2) is 7.75. The van der Waals surface area contributed by atoms with E-state index >= 15 is 0 Å². The Hall–Kier alpha value is -1.67. The Morgan fingerprint density at radius 1 is 1.04 bits per heavy atom. The lowest BCUT2D eigenvalue weighted by Gasteiger charge is -2.37. The lowest BCUT2D eigenvalue weighted by atomic mass is 9.89. The molecule has 0 aromatic heterocycles. The molecule has 0 atom stereocenters. The van der Waals surface area contributed by atoms with Crippen LogP contribution in [0.2, 0.25) is 0 Å². The second-order valence-corrected chi connectivity index (χ2v) is 9.70. The summed E-state index contributed by atoms with van der Waals surface area (Å²) in [6, 6.07) is 0. The van der Waals surface area contributed by atoms with Crippen LogP contribution in [0.5, 0.6) is 0 Å². The Labute approximate surface area is 161 Å². The van der Waals surface area contributed by atoms with Crippen LogP contribution in [0.15, 0.2) is 28.3 Å². The van der Waals surface area contributed by atoms with Crippen molar-refractivity contribution in [3.8, 4) is 0 Å². The molecule has 0 unspecified atom stereocenters. The zero-order valence-electron chi connectivity index (χ0n) is 15.7. The summed E-state index contributed by atoms with van der Waals surface area (Å²) in [4.78, 5) is 19.0. The summed E-state index contributed by atoms with van der Waals surface area (Å²) in [7, 11) is -3.36. The highest BCUT2D eigenvalue weighted by atomic mass is 32.2. The highest BCUT2D eigenvalue weighted by Crippen LogP contribution is 2.25. The molecule has 8 heteroatoms. The van der Waals surface area contributed by atoms with Gasteiger partial charge in [-0.3, -0.25) is 9.69 Å². The number of amidine groups is 1. The van der Waals surface area contributed by atoms with Crippen LogP contribution in [0.25, 0.3) is 0 Å². The van der Waals surface area contributed by atoms with E-state index in [4.69, 9.17) is 0 Å². The van der Waals surface area contributed by atoms with Crippen molar-refractivity contribution in [2.75, 3.05) is 45.0 Å². The minimum atomic E-state index is -3.36. The molecule has 7 nitrogen and oxygen atoms in total. The van der Waals surface area contributed by atoms with Gasteiger partial charge in [-0.05, 0) is 30.9 Å². The third-order valence-electron chi connectivity index (χ3n) is 5.97. The molecule has 3 aliphatic heterocycles. The van der Waals surface area contributed by atoms with E-state index in [1.54, 1.807) is 23.3 Å². The number of carbonyl (C=O) groups is 1. The van der Waals surface area contributed by atoms with Gasteiger partial charge < -0.3 is 9.80 Å². The van der Waals surface area contributed by atoms with Gasteiger partial charge in [0.2, 0.25) is 0 Å². The molecule has 0 N–H and O–H groups in total. The van der Waals surface area contributed by atoms with Crippen molar-refractivity contribution in [2.24, 2.45) is 10.3 Å². The van der Waals surface area contributed by atoms with Crippen molar-refractivity contribution < 1.29 is 13.2 Å². The van der Waals surface area contributed by atoms with Gasteiger partial charge in [-0.1, -0.05) is 19.3 Å². The molecular weight excluding hydrogens is 364 g/mol. The summed E-state index contributed by atoms with van der Waals surface area (Å²) >= 11 is 0. The van der Waals surface area contributed by atoms with Crippen LogP contribution >= 0.6 is 0 Å². The van der Waals surface area contributed by atoms with Crippen LogP contribution in [0, 0.1) is 5.92 Å². The first-order chi connectivity index (χ1) is 13.0. The minimum Gasteiger partial charge on any atom is -0.336 e. The average molecular weight is 393 g/mol. The molecule has 0 bridgehead atoms. The van der Waals surface area contributed by atoms with Crippen LogP contribution in [-0.2, 0) is 14.8 Å². The number of fused-ring (bicyclic) bond motifs is 1. The van der Waals surface area contributed by atoms with Gasteiger partial charge in [0.05, 0.1) is 11.3 Å². The van der Waals surface area contributed by atoms with Crippen molar-refractivity contribution in [2.45, 2.75) is 32.1 Å². The second-order valence-electron chi connectivity index (χ2n) is 7.94. The predicted molar refractivity (Wildman–Crippen MR) is 105 cm³/mol. The Morgan fingerprint density at radius 2 is 1.78 bits per heavy atom. The SMILES string of the molecule is O=C(C1=CN2CCS(=O)(=O)N=C2C=C1)N1CCN(CC2CCCCC2)CC1. The summed E-state index contributed by atoms with van der Waals surface area (Å²) in [5.74, 6) is 1.24. The molecule has 148 valence electrons. The van der Waals surface area contributed by atoms with Gasteiger partial charge in [0.15, 0.2) is 0 Å². The van der Waals surface area contributed by atoms with Crippen molar-refractivity contribution in [3.05, 3.63) is 23.9 Å². The smallest absolute Gasteiger partial charge is 0.256 e. The molecule has 1 saturated carbocycles. The Morgan fingerprint density at radius 3 is 2.52 bits per heavy atom. The van der Waals surface area contributed by atoms with Crippen LogP contribution in [-0.4, -0.2) is 79.9 Å². The molecule has 0 spiro atoms. The van der Waals surface area contributed by atoms with Crippen LogP contribution in [0.1, 0.15) is 32.1 Å². The Balaban J connectivity index is 1.32. The molecule has 1 saturated heterocycles. The molecule has 2 fully saturated rings. The van der Waals surface area contributed by atoms with Gasteiger partial charge in [-0.2, -0.15) is 0 Å². The Kier molecular flexibility index (Phi) is 5.36. The summed E-state index contributed by atoms with van der Waals surface area (Å²) in [6.45, 7) is 4.91. The number of rotatable bonds is 3. The lowest BCUT2D eigenvalue weighted by Crippen LogP contribution is -2.50. The number of amides is 1. The maximum atomic E-state index is 12.9. The first kappa shape index (κ1) is 18.7. The highest BCUT2D eigenvalue weighted by molar-refractivity contribution is 7.90. The van der Waals surface area contributed by atoms with E-state index in [9.17, 15) is 13.2 Å². The van der Waals surface area contributed by atoms with Gasteiger partial charge in [0, 0.05) is 45.5 Å². The quantitative estimate of drug-likeness (QED) is 0.722. The van der Waals surface area contributed by atoms with Crippen molar-refractivity contribution in [1.29, 1.82) is 0 Å². The summed E-state index contributed by atoms with van der Waals surface area (Å²) in [5.41, 5.74) is 0.606. The van der Waals surface area contributed by atoms with Gasteiger partial charge in [0.1, 0.15) is 5.84 Å². The van der Waals surface area contributed by atoms with Gasteiger partial charge in [-0.25, -0.2) is 8.42 Å². The largest absolute Gasteiger partial charge is 0.336 e. The minimum absolute atomic E-state index is 0.0118. The monoisotopic (exact) mass is 392 g/mol. The fraction of sp³-hybridized carbons (Fsp3) is 0.684. The van der Waals surface area contributed by atoms with Gasteiger partial charge in [-0.15, -0.1) is 4.40 Å². The van der Waals surface area contributed by atoms with E-state index in [1.165, 1.54) is 38.6 Å². The predicted octanol–water partition coefficient (Wildman–Crippen LogP) is 1.21. The number of piperazine rings is 1. The third kappa shape index (κ3) is 4.43. The van der Waals surface area contributed by atoms with E-state index in [2.05, 4.69) is 9.30 Å². The molecule has 1 aliphatic carbocycles. The van der Waals surface area contributed by atoms with E-state index < -0.39 is 10.0 Å². The molecule has 0 aromatic rings. The molecule has 4 aliphatic rings. The normalized spacial score (nSPS) is 26.4. The molecule has 0 radical (unpaired) electrons. The topological polar surface area (TPSA) is 73.3 Å². The van der Waals surface area contributed by atoms with Crippen LogP contribution in [0.4, 0.5) is 0 Å². The molecule has 0 aromatic carbocycles. The maximum Gasteiger partial charge on any atom is 0.256 e. The number of hydrogen-bond acceptors (Lipinski definition) is 5. The summed E-state index contributed by atoms with van der Waals surface area (Å²) in [6.07, 6.45) is 11.9. The molecule has 27 heavy (non-hydrogen) atoms. The zero-order valence-corrected chi connectivity index (χ0v) is 16.5. The lowest BCUT2D eigenvalue weighted by molar-refractivity contribution is -0.128. The van der Waals surface area contributed by atoms with E-state index in [-0.39, 0.29) is 11.7 Å². The number of nitrogens with zero attached hydrogens (tertiary/aromatic N) is 4. The van der Waals surface area contributed by atoms with Crippen LogP contribution < -0.4 is 0 Å². The van der Waals surface area contributed by atoms with E-state index in [1.807, 2.05) is 4.90 Å². The van der Waals surface area contributed by atoms with Gasteiger partial charge >= 0.3 is 0 Å². The fourth-order valence-corrected chi connectivity index (χ4v) is 5.35. The number of sulfonamides is 1. The van der Waals surface area contributed by atoms with Crippen LogP contribution in [0.3, 0.4) is 0 Å². The van der Waals surface area contributed by atoms with Crippen molar-refractivity contribution in [1.82, 2.24) is 14.7 Å². The maximum absolute atomic E-state index is 12.9. The Bertz CT molecular complexity index is 773. The number of carbonyl (C=O) groups excluding carboxylic acids is 1.